The number of hydrogen-bond acceptors (Lipinski definition) is 4. The molecule has 0 spiro atoms. The first-order valence-corrected chi connectivity index (χ1v) is 6.31. The zero-order valence-electron chi connectivity index (χ0n) is 10.2. The van der Waals surface area contributed by atoms with Crippen molar-refractivity contribution in [2.75, 3.05) is 12.4 Å². The first kappa shape index (κ1) is 13.9. The van der Waals surface area contributed by atoms with Crippen molar-refractivity contribution in [1.82, 2.24) is 4.98 Å². The zero-order valence-corrected chi connectivity index (χ0v) is 11.7. The molecule has 0 aliphatic rings. The number of anilines is 1. The van der Waals surface area contributed by atoms with E-state index in [-0.39, 0.29) is 12.5 Å². The third-order valence-corrected chi connectivity index (χ3v) is 2.99. The third-order valence-electron chi connectivity index (χ3n) is 2.43. The molecule has 0 unspecified atom stereocenters. The lowest BCUT2D eigenvalue weighted by Gasteiger charge is -2.10. The Kier molecular flexibility index (Phi) is 4.47. The molecule has 0 saturated heterocycles. The second kappa shape index (κ2) is 6.10. The standard InChI is InChI=1S/C13H12Cl2N2O2/c1-16-12-10(14)6-11(15)13(17-12)19-9-4-2-3-8(5-9)7-18/h2-6,18H,7H2,1H3,(H,16,17). The van der Waals surface area contributed by atoms with Gasteiger partial charge in [0.25, 0.3) is 0 Å². The van der Waals surface area contributed by atoms with Gasteiger partial charge in [0.15, 0.2) is 0 Å². The fraction of sp³-hybridized carbons (Fsp3) is 0.154. The van der Waals surface area contributed by atoms with E-state index in [1.165, 1.54) is 0 Å². The van der Waals surface area contributed by atoms with Crippen molar-refractivity contribution >= 4 is 29.0 Å². The van der Waals surface area contributed by atoms with Crippen LogP contribution in [-0.4, -0.2) is 17.1 Å². The fourth-order valence-corrected chi connectivity index (χ4v) is 2.01. The summed E-state index contributed by atoms with van der Waals surface area (Å²) in [6, 6.07) is 8.61. The summed E-state index contributed by atoms with van der Waals surface area (Å²) in [4.78, 5) is 4.18. The Balaban J connectivity index is 2.32. The predicted octanol–water partition coefficient (Wildman–Crippen LogP) is 3.71. The quantitative estimate of drug-likeness (QED) is 0.903. The minimum Gasteiger partial charge on any atom is -0.437 e. The van der Waals surface area contributed by atoms with E-state index in [9.17, 15) is 0 Å². The van der Waals surface area contributed by atoms with Gasteiger partial charge in [-0.3, -0.25) is 0 Å². The summed E-state index contributed by atoms with van der Waals surface area (Å²) in [5, 5.41) is 12.7. The molecule has 2 N–H and O–H groups in total. The molecule has 19 heavy (non-hydrogen) atoms. The fourth-order valence-electron chi connectivity index (χ4n) is 1.52. The van der Waals surface area contributed by atoms with Crippen LogP contribution in [0.5, 0.6) is 11.6 Å². The number of nitrogens with zero attached hydrogens (tertiary/aromatic N) is 1. The van der Waals surface area contributed by atoms with Gasteiger partial charge in [-0.15, -0.1) is 0 Å². The van der Waals surface area contributed by atoms with Crippen LogP contribution in [0, 0.1) is 0 Å². The highest BCUT2D eigenvalue weighted by Crippen LogP contribution is 2.33. The molecule has 100 valence electrons. The minimum absolute atomic E-state index is 0.0548. The van der Waals surface area contributed by atoms with Gasteiger partial charge in [-0.2, -0.15) is 4.98 Å². The van der Waals surface area contributed by atoms with Gasteiger partial charge in [0, 0.05) is 7.05 Å². The molecule has 1 aromatic carbocycles. The molecule has 0 aliphatic carbocycles. The number of aromatic nitrogens is 1. The Bertz CT molecular complexity index is 591. The van der Waals surface area contributed by atoms with E-state index in [1.807, 2.05) is 0 Å². The van der Waals surface area contributed by atoms with Crippen molar-refractivity contribution in [1.29, 1.82) is 0 Å². The van der Waals surface area contributed by atoms with Crippen LogP contribution in [0.3, 0.4) is 0 Å². The molecule has 0 saturated carbocycles. The topological polar surface area (TPSA) is 54.4 Å². The Morgan fingerprint density at radius 3 is 2.74 bits per heavy atom. The first-order chi connectivity index (χ1) is 9.13. The lowest BCUT2D eigenvalue weighted by Crippen LogP contribution is -1.97. The maximum atomic E-state index is 9.08. The minimum atomic E-state index is -0.0548. The summed E-state index contributed by atoms with van der Waals surface area (Å²) in [6.45, 7) is -0.0548. The number of nitrogens with one attached hydrogen (secondary N) is 1. The van der Waals surface area contributed by atoms with Crippen molar-refractivity contribution in [3.05, 3.63) is 45.9 Å². The van der Waals surface area contributed by atoms with Gasteiger partial charge in [-0.1, -0.05) is 35.3 Å². The van der Waals surface area contributed by atoms with Gasteiger partial charge in [0.2, 0.25) is 5.88 Å². The first-order valence-electron chi connectivity index (χ1n) is 5.55. The molecule has 1 heterocycles. The van der Waals surface area contributed by atoms with E-state index in [0.29, 0.717) is 21.6 Å². The van der Waals surface area contributed by atoms with Crippen LogP contribution in [0.1, 0.15) is 5.56 Å². The molecule has 0 aliphatic heterocycles. The highest BCUT2D eigenvalue weighted by Gasteiger charge is 2.10. The average molecular weight is 299 g/mol. The van der Waals surface area contributed by atoms with Crippen molar-refractivity contribution < 1.29 is 9.84 Å². The van der Waals surface area contributed by atoms with E-state index in [4.69, 9.17) is 33.0 Å². The molecule has 0 bridgehead atoms. The number of pyridine rings is 1. The molecular formula is C13H12Cl2N2O2. The molecule has 2 aromatic rings. The number of hydrogen-bond donors (Lipinski definition) is 2. The maximum absolute atomic E-state index is 9.08. The van der Waals surface area contributed by atoms with E-state index in [2.05, 4.69) is 10.3 Å². The second-order valence-corrected chi connectivity index (χ2v) is 4.58. The summed E-state index contributed by atoms with van der Waals surface area (Å²) in [5.41, 5.74) is 0.747. The zero-order chi connectivity index (χ0) is 13.8. The summed E-state index contributed by atoms with van der Waals surface area (Å²) in [5.74, 6) is 1.29. The van der Waals surface area contributed by atoms with Crippen LogP contribution in [0.25, 0.3) is 0 Å². The van der Waals surface area contributed by atoms with Crippen molar-refractivity contribution in [2.45, 2.75) is 6.61 Å². The molecule has 2 rings (SSSR count). The van der Waals surface area contributed by atoms with Crippen molar-refractivity contribution in [3.8, 4) is 11.6 Å². The van der Waals surface area contributed by atoms with Gasteiger partial charge in [-0.05, 0) is 23.8 Å². The molecule has 0 amide bonds. The Hall–Kier alpha value is -1.49. The van der Waals surface area contributed by atoms with Gasteiger partial charge in [0.05, 0.1) is 11.6 Å². The van der Waals surface area contributed by atoms with Crippen molar-refractivity contribution in [3.63, 3.8) is 0 Å². The lowest BCUT2D eigenvalue weighted by atomic mass is 10.2. The number of halogens is 2. The molecule has 6 heteroatoms. The van der Waals surface area contributed by atoms with E-state index < -0.39 is 0 Å². The molecule has 0 atom stereocenters. The van der Waals surface area contributed by atoms with E-state index in [1.54, 1.807) is 37.4 Å². The van der Waals surface area contributed by atoms with Crippen LogP contribution in [0.15, 0.2) is 30.3 Å². The molecule has 0 radical (unpaired) electrons. The smallest absolute Gasteiger partial charge is 0.240 e. The normalized spacial score (nSPS) is 10.3. The van der Waals surface area contributed by atoms with Gasteiger partial charge >= 0.3 is 0 Å². The Morgan fingerprint density at radius 2 is 2.05 bits per heavy atom. The van der Waals surface area contributed by atoms with Gasteiger partial charge in [-0.25, -0.2) is 0 Å². The van der Waals surface area contributed by atoms with E-state index >= 15 is 0 Å². The van der Waals surface area contributed by atoms with E-state index in [0.717, 1.165) is 5.56 Å². The summed E-state index contributed by atoms with van der Waals surface area (Å²) in [7, 11) is 1.71. The van der Waals surface area contributed by atoms with Gasteiger partial charge < -0.3 is 15.2 Å². The summed E-state index contributed by atoms with van der Waals surface area (Å²) < 4.78 is 5.60. The third kappa shape index (κ3) is 3.29. The number of benzene rings is 1. The molecular weight excluding hydrogens is 287 g/mol. The average Bonchev–Trinajstić information content (AvgIpc) is 2.42. The molecule has 4 nitrogen and oxygen atoms in total. The second-order valence-electron chi connectivity index (χ2n) is 3.76. The van der Waals surface area contributed by atoms with Crippen molar-refractivity contribution in [2.24, 2.45) is 0 Å². The number of ether oxygens (including phenoxy) is 1. The van der Waals surface area contributed by atoms with Crippen LogP contribution >= 0.6 is 23.2 Å². The Morgan fingerprint density at radius 1 is 1.26 bits per heavy atom. The SMILES string of the molecule is CNc1nc(Oc2cccc(CO)c2)c(Cl)cc1Cl. The molecule has 1 aromatic heterocycles. The number of aliphatic hydroxyl groups is 1. The van der Waals surface area contributed by atoms with Crippen LogP contribution in [0.4, 0.5) is 5.82 Å². The largest absolute Gasteiger partial charge is 0.437 e. The molecule has 0 fully saturated rings. The Labute approximate surface area is 121 Å². The van der Waals surface area contributed by atoms with Crippen LogP contribution < -0.4 is 10.1 Å². The maximum Gasteiger partial charge on any atom is 0.240 e. The van der Waals surface area contributed by atoms with Gasteiger partial charge in [0.1, 0.15) is 16.6 Å². The monoisotopic (exact) mass is 298 g/mol. The van der Waals surface area contributed by atoms with Crippen LogP contribution in [0.2, 0.25) is 10.0 Å². The summed E-state index contributed by atoms with van der Waals surface area (Å²) >= 11 is 12.0. The highest BCUT2D eigenvalue weighted by molar-refractivity contribution is 6.36. The number of aliphatic hydroxyl groups excluding tert-OH is 1. The lowest BCUT2D eigenvalue weighted by molar-refractivity contribution is 0.281. The predicted molar refractivity (Wildman–Crippen MR) is 76.2 cm³/mol. The number of rotatable bonds is 4. The summed E-state index contributed by atoms with van der Waals surface area (Å²) in [6.07, 6.45) is 0. The van der Waals surface area contributed by atoms with Crippen LogP contribution in [-0.2, 0) is 6.61 Å². The highest BCUT2D eigenvalue weighted by atomic mass is 35.5.